The number of ether oxygens (including phenoxy) is 1. The summed E-state index contributed by atoms with van der Waals surface area (Å²) >= 11 is 5.68. The van der Waals surface area contributed by atoms with Crippen molar-refractivity contribution in [2.75, 3.05) is 12.4 Å². The van der Waals surface area contributed by atoms with Gasteiger partial charge in [0.05, 0.1) is 33.9 Å². The number of hydrogen-bond donors (Lipinski definition) is 2. The quantitative estimate of drug-likeness (QED) is 0.498. The number of rotatable bonds is 6. The number of sulfone groups is 1. The minimum Gasteiger partial charge on any atom is -0.463 e. The topological polar surface area (TPSA) is 102 Å². The second-order valence-corrected chi connectivity index (χ2v) is 8.93. The van der Waals surface area contributed by atoms with Gasteiger partial charge in [0, 0.05) is 5.70 Å². The van der Waals surface area contributed by atoms with Gasteiger partial charge in [0.25, 0.3) is 0 Å². The molecule has 1 atom stereocenters. The zero-order valence-corrected chi connectivity index (χ0v) is 17.7. The van der Waals surface area contributed by atoms with E-state index in [4.69, 9.17) is 16.3 Å². The molecule has 0 bridgehead atoms. The highest BCUT2D eigenvalue weighted by Gasteiger charge is 2.36. The zero-order chi connectivity index (χ0) is 22.8. The molecule has 2 N–H and O–H groups in total. The van der Waals surface area contributed by atoms with Crippen LogP contribution in [0.3, 0.4) is 0 Å². The van der Waals surface area contributed by atoms with E-state index in [1.165, 1.54) is 18.2 Å². The first kappa shape index (κ1) is 22.7. The maximum atomic E-state index is 13.8. The van der Waals surface area contributed by atoms with Gasteiger partial charge >= 0.3 is 12.0 Å². The van der Waals surface area contributed by atoms with Crippen LogP contribution in [0.4, 0.5) is 13.6 Å². The predicted octanol–water partition coefficient (Wildman–Crippen LogP) is 3.26. The van der Waals surface area contributed by atoms with Gasteiger partial charge in [-0.2, -0.15) is 0 Å². The lowest BCUT2D eigenvalue weighted by atomic mass is 9.95. The largest absolute Gasteiger partial charge is 0.463 e. The van der Waals surface area contributed by atoms with Crippen LogP contribution in [0.2, 0.25) is 5.02 Å². The van der Waals surface area contributed by atoms with E-state index >= 15 is 0 Å². The van der Waals surface area contributed by atoms with E-state index in [9.17, 15) is 26.8 Å². The third-order valence-electron chi connectivity index (χ3n) is 4.42. The van der Waals surface area contributed by atoms with Crippen molar-refractivity contribution in [3.8, 4) is 0 Å². The van der Waals surface area contributed by atoms with Gasteiger partial charge in [-0.05, 0) is 42.8 Å². The van der Waals surface area contributed by atoms with E-state index in [0.717, 1.165) is 24.3 Å². The number of amides is 2. The molecule has 0 fully saturated rings. The third kappa shape index (κ3) is 5.02. The number of halogens is 3. The molecule has 7 nitrogen and oxygen atoms in total. The smallest absolute Gasteiger partial charge is 0.338 e. The fraction of sp³-hybridized carbons (Fsp3) is 0.200. The Balaban J connectivity index is 2.11. The van der Waals surface area contributed by atoms with Crippen LogP contribution in [-0.2, 0) is 19.4 Å². The number of urea groups is 1. The van der Waals surface area contributed by atoms with E-state index < -0.39 is 50.3 Å². The lowest BCUT2D eigenvalue weighted by Crippen LogP contribution is -2.47. The predicted molar refractivity (Wildman–Crippen MR) is 108 cm³/mol. The van der Waals surface area contributed by atoms with Gasteiger partial charge in [-0.1, -0.05) is 23.7 Å². The number of carbonyl (C=O) groups is 2. The molecular formula is C20H17ClF2N2O5S. The second kappa shape index (κ2) is 9.03. The van der Waals surface area contributed by atoms with Gasteiger partial charge in [0.15, 0.2) is 9.84 Å². The molecule has 0 spiro atoms. The van der Waals surface area contributed by atoms with Gasteiger partial charge in [-0.25, -0.2) is 26.8 Å². The molecule has 164 valence electrons. The summed E-state index contributed by atoms with van der Waals surface area (Å²) < 4.78 is 58.0. The second-order valence-electron chi connectivity index (χ2n) is 6.53. The number of nitrogens with one attached hydrogen (secondary N) is 2. The SMILES string of the molecule is CCOC(=O)C1=C(CS(=O)(=O)c2ccc(F)c(Cl)c2)NC(=O)N[C@@H]1c1cccc(F)c1. The maximum absolute atomic E-state index is 13.8. The summed E-state index contributed by atoms with van der Waals surface area (Å²) in [5.74, 6) is -3.09. The van der Waals surface area contributed by atoms with Crippen LogP contribution < -0.4 is 10.6 Å². The van der Waals surface area contributed by atoms with Crippen LogP contribution in [0, 0.1) is 11.6 Å². The molecule has 0 aliphatic carbocycles. The van der Waals surface area contributed by atoms with Crippen molar-refractivity contribution in [2.24, 2.45) is 0 Å². The van der Waals surface area contributed by atoms with E-state index in [1.807, 2.05) is 0 Å². The van der Waals surface area contributed by atoms with Crippen LogP contribution in [-0.4, -0.2) is 32.8 Å². The van der Waals surface area contributed by atoms with E-state index in [2.05, 4.69) is 10.6 Å². The van der Waals surface area contributed by atoms with Gasteiger partial charge in [-0.15, -0.1) is 0 Å². The fourth-order valence-electron chi connectivity index (χ4n) is 3.06. The first-order valence-electron chi connectivity index (χ1n) is 9.03. The first-order chi connectivity index (χ1) is 14.6. The number of carbonyl (C=O) groups excluding carboxylic acids is 2. The summed E-state index contributed by atoms with van der Waals surface area (Å²) in [5, 5.41) is 4.41. The molecule has 1 aliphatic heterocycles. The normalized spacial score (nSPS) is 16.5. The van der Waals surface area contributed by atoms with Crippen molar-refractivity contribution in [1.82, 2.24) is 10.6 Å². The summed E-state index contributed by atoms with van der Waals surface area (Å²) in [6.45, 7) is 1.54. The van der Waals surface area contributed by atoms with Crippen molar-refractivity contribution in [2.45, 2.75) is 17.9 Å². The van der Waals surface area contributed by atoms with Crippen molar-refractivity contribution >= 4 is 33.4 Å². The van der Waals surface area contributed by atoms with Crippen LogP contribution in [0.5, 0.6) is 0 Å². The summed E-state index contributed by atoms with van der Waals surface area (Å²) in [6, 6.07) is 6.08. The monoisotopic (exact) mass is 470 g/mol. The Morgan fingerprint density at radius 1 is 1.19 bits per heavy atom. The Hall–Kier alpha value is -2.98. The van der Waals surface area contributed by atoms with E-state index in [1.54, 1.807) is 6.92 Å². The van der Waals surface area contributed by atoms with E-state index in [-0.39, 0.29) is 28.3 Å². The highest BCUT2D eigenvalue weighted by molar-refractivity contribution is 7.91. The molecule has 2 aromatic rings. The number of hydrogen-bond acceptors (Lipinski definition) is 5. The highest BCUT2D eigenvalue weighted by atomic mass is 35.5. The lowest BCUT2D eigenvalue weighted by molar-refractivity contribution is -0.139. The fourth-order valence-corrected chi connectivity index (χ4v) is 4.65. The van der Waals surface area contributed by atoms with Gasteiger partial charge in [0.2, 0.25) is 0 Å². The van der Waals surface area contributed by atoms with Gasteiger partial charge in [-0.3, -0.25) is 0 Å². The minimum absolute atomic E-state index is 0.0141. The number of benzene rings is 2. The average Bonchev–Trinajstić information content (AvgIpc) is 2.69. The van der Waals surface area contributed by atoms with Crippen LogP contribution in [0.25, 0.3) is 0 Å². The molecule has 0 radical (unpaired) electrons. The van der Waals surface area contributed by atoms with Crippen LogP contribution >= 0.6 is 11.6 Å². The van der Waals surface area contributed by atoms with Crippen LogP contribution in [0.1, 0.15) is 18.5 Å². The summed E-state index contributed by atoms with van der Waals surface area (Å²) in [7, 11) is -4.15. The maximum Gasteiger partial charge on any atom is 0.338 e. The molecule has 0 saturated carbocycles. The summed E-state index contributed by atoms with van der Waals surface area (Å²) in [6.07, 6.45) is 0. The molecule has 0 aromatic heterocycles. The Bertz CT molecular complexity index is 1180. The highest BCUT2D eigenvalue weighted by Crippen LogP contribution is 2.30. The Kier molecular flexibility index (Phi) is 6.61. The summed E-state index contributed by atoms with van der Waals surface area (Å²) in [5.41, 5.74) is -0.210. The average molecular weight is 471 g/mol. The molecular weight excluding hydrogens is 454 g/mol. The lowest BCUT2D eigenvalue weighted by Gasteiger charge is -2.29. The molecule has 2 amide bonds. The van der Waals surface area contributed by atoms with Gasteiger partial charge in [0.1, 0.15) is 11.6 Å². The molecule has 11 heteroatoms. The third-order valence-corrected chi connectivity index (χ3v) is 6.35. The van der Waals surface area contributed by atoms with E-state index in [0.29, 0.717) is 0 Å². The Morgan fingerprint density at radius 3 is 2.58 bits per heavy atom. The Morgan fingerprint density at radius 2 is 1.94 bits per heavy atom. The number of esters is 1. The van der Waals surface area contributed by atoms with Crippen molar-refractivity contribution in [1.29, 1.82) is 0 Å². The zero-order valence-electron chi connectivity index (χ0n) is 16.1. The molecule has 31 heavy (non-hydrogen) atoms. The molecule has 1 heterocycles. The van der Waals surface area contributed by atoms with Gasteiger partial charge < -0.3 is 15.4 Å². The molecule has 0 unspecified atom stereocenters. The molecule has 3 rings (SSSR count). The first-order valence-corrected chi connectivity index (χ1v) is 11.1. The minimum atomic E-state index is -4.15. The molecule has 0 saturated heterocycles. The van der Waals surface area contributed by atoms with Crippen molar-refractivity contribution in [3.63, 3.8) is 0 Å². The molecule has 1 aliphatic rings. The Labute approximate surface area is 182 Å². The molecule has 2 aromatic carbocycles. The van der Waals surface area contributed by atoms with Crippen molar-refractivity contribution < 1.29 is 31.5 Å². The van der Waals surface area contributed by atoms with Crippen molar-refractivity contribution in [3.05, 3.63) is 76.0 Å². The summed E-state index contributed by atoms with van der Waals surface area (Å²) in [4.78, 5) is 24.6. The van der Waals surface area contributed by atoms with Crippen LogP contribution in [0.15, 0.2) is 58.6 Å². The standard InChI is InChI=1S/C20H17ClF2N2O5S/c1-2-30-19(26)17-16(10-31(28,29)13-6-7-15(23)14(21)9-13)24-20(27)25-18(17)11-4-3-5-12(22)8-11/h3-9,18H,2,10H2,1H3,(H2,24,25,27)/t18-/m1/s1.